The first-order chi connectivity index (χ1) is 9.08. The van der Waals surface area contributed by atoms with E-state index in [4.69, 9.17) is 10.6 Å². The van der Waals surface area contributed by atoms with Crippen LogP contribution in [0.15, 0.2) is 23.3 Å². The standard InChI is InChI=1S/C13H16N4O2/c1-3-10-7(2)12(16-17-14)9-6-8(13(18)19)4-5-11(9)15-10/h4-7,10,12,15H,3H2,1-2H3,(H,18,19). The molecule has 0 radical (unpaired) electrons. The predicted octanol–water partition coefficient (Wildman–Crippen LogP) is 3.58. The summed E-state index contributed by atoms with van der Waals surface area (Å²) >= 11 is 0. The van der Waals surface area contributed by atoms with E-state index in [0.717, 1.165) is 17.7 Å². The van der Waals surface area contributed by atoms with Crippen molar-refractivity contribution in [2.75, 3.05) is 5.32 Å². The van der Waals surface area contributed by atoms with Crippen molar-refractivity contribution in [3.05, 3.63) is 39.8 Å². The van der Waals surface area contributed by atoms with E-state index in [1.54, 1.807) is 18.2 Å². The van der Waals surface area contributed by atoms with Crippen molar-refractivity contribution < 1.29 is 9.90 Å². The number of hydrogen-bond acceptors (Lipinski definition) is 3. The van der Waals surface area contributed by atoms with Crippen LogP contribution in [0, 0.1) is 5.92 Å². The van der Waals surface area contributed by atoms with E-state index in [1.165, 1.54) is 0 Å². The first kappa shape index (κ1) is 13.2. The lowest BCUT2D eigenvalue weighted by Gasteiger charge is -2.36. The predicted molar refractivity (Wildman–Crippen MR) is 72.2 cm³/mol. The molecule has 2 N–H and O–H groups in total. The highest BCUT2D eigenvalue weighted by atomic mass is 16.4. The fraction of sp³-hybridized carbons (Fsp3) is 0.462. The van der Waals surface area contributed by atoms with Crippen LogP contribution in [-0.4, -0.2) is 17.1 Å². The van der Waals surface area contributed by atoms with Gasteiger partial charge in [0.1, 0.15) is 0 Å². The molecule has 1 heterocycles. The Balaban J connectivity index is 2.53. The second kappa shape index (κ2) is 5.20. The molecule has 6 nitrogen and oxygen atoms in total. The molecule has 1 aromatic carbocycles. The maximum Gasteiger partial charge on any atom is 0.335 e. The summed E-state index contributed by atoms with van der Waals surface area (Å²) in [6.07, 6.45) is 0.915. The minimum atomic E-state index is -0.979. The first-order valence-corrected chi connectivity index (χ1v) is 6.26. The third-order valence-electron chi connectivity index (χ3n) is 3.71. The molecule has 3 atom stereocenters. The van der Waals surface area contributed by atoms with E-state index in [0.29, 0.717) is 0 Å². The molecule has 1 aliphatic rings. The Morgan fingerprint density at radius 2 is 2.32 bits per heavy atom. The molecule has 100 valence electrons. The highest BCUT2D eigenvalue weighted by Gasteiger charge is 2.32. The van der Waals surface area contributed by atoms with Gasteiger partial charge in [-0.05, 0) is 41.6 Å². The van der Waals surface area contributed by atoms with Gasteiger partial charge in [0.05, 0.1) is 11.6 Å². The molecule has 0 saturated carbocycles. The number of benzene rings is 1. The number of aromatic carboxylic acids is 1. The van der Waals surface area contributed by atoms with E-state index >= 15 is 0 Å². The molecule has 1 aromatic rings. The number of fused-ring (bicyclic) bond motifs is 1. The molecule has 2 rings (SSSR count). The number of hydrogen-bond donors (Lipinski definition) is 2. The van der Waals surface area contributed by atoms with E-state index in [9.17, 15) is 4.79 Å². The Morgan fingerprint density at radius 1 is 1.58 bits per heavy atom. The number of nitrogens with one attached hydrogen (secondary N) is 1. The number of carbonyl (C=O) groups is 1. The molecular formula is C13H16N4O2. The maximum absolute atomic E-state index is 11.0. The highest BCUT2D eigenvalue weighted by molar-refractivity contribution is 5.88. The third kappa shape index (κ3) is 2.35. The molecule has 3 unspecified atom stereocenters. The van der Waals surface area contributed by atoms with Crippen LogP contribution in [0.2, 0.25) is 0 Å². The molecule has 0 spiro atoms. The molecule has 6 heteroatoms. The summed E-state index contributed by atoms with van der Waals surface area (Å²) < 4.78 is 0. The Bertz CT molecular complexity index is 552. The molecule has 0 aromatic heterocycles. The number of anilines is 1. The van der Waals surface area contributed by atoms with Crippen molar-refractivity contribution in [1.29, 1.82) is 0 Å². The molecule has 0 bridgehead atoms. The Kier molecular flexibility index (Phi) is 3.62. The van der Waals surface area contributed by atoms with Crippen LogP contribution in [0.3, 0.4) is 0 Å². The summed E-state index contributed by atoms with van der Waals surface area (Å²) in [4.78, 5) is 13.9. The Hall–Kier alpha value is -2.20. The topological polar surface area (TPSA) is 98.1 Å². The smallest absolute Gasteiger partial charge is 0.335 e. The Labute approximate surface area is 111 Å². The normalized spacial score (nSPS) is 24.8. The van der Waals surface area contributed by atoms with Crippen molar-refractivity contribution in [1.82, 2.24) is 0 Å². The van der Waals surface area contributed by atoms with Gasteiger partial charge < -0.3 is 10.4 Å². The van der Waals surface area contributed by atoms with Crippen molar-refractivity contribution in [2.24, 2.45) is 11.0 Å². The average Bonchev–Trinajstić information content (AvgIpc) is 2.41. The van der Waals surface area contributed by atoms with Crippen LogP contribution in [0.5, 0.6) is 0 Å². The molecule has 1 aliphatic heterocycles. The largest absolute Gasteiger partial charge is 0.478 e. The lowest BCUT2D eigenvalue weighted by molar-refractivity contribution is 0.0696. The van der Waals surface area contributed by atoms with Gasteiger partial charge in [-0.3, -0.25) is 0 Å². The number of azide groups is 1. The first-order valence-electron chi connectivity index (χ1n) is 6.26. The van der Waals surface area contributed by atoms with Crippen molar-refractivity contribution in [3.8, 4) is 0 Å². The monoisotopic (exact) mass is 260 g/mol. The zero-order chi connectivity index (χ0) is 14.0. The van der Waals surface area contributed by atoms with E-state index in [-0.39, 0.29) is 23.6 Å². The summed E-state index contributed by atoms with van der Waals surface area (Å²) in [5, 5.41) is 16.3. The molecule has 19 heavy (non-hydrogen) atoms. The second-order valence-corrected chi connectivity index (χ2v) is 4.78. The van der Waals surface area contributed by atoms with Crippen LogP contribution < -0.4 is 5.32 Å². The number of rotatable bonds is 3. The second-order valence-electron chi connectivity index (χ2n) is 4.78. The quantitative estimate of drug-likeness (QED) is 0.493. The van der Waals surface area contributed by atoms with Crippen LogP contribution >= 0.6 is 0 Å². The van der Waals surface area contributed by atoms with Crippen LogP contribution in [-0.2, 0) is 0 Å². The highest BCUT2D eigenvalue weighted by Crippen LogP contribution is 2.40. The van der Waals surface area contributed by atoms with Gasteiger partial charge in [-0.15, -0.1) is 0 Å². The minimum absolute atomic E-state index is 0.123. The number of carboxylic acids is 1. The SMILES string of the molecule is CCC1Nc2ccc(C(=O)O)cc2C(N=[N+]=[N-])C1C. The Morgan fingerprint density at radius 3 is 2.89 bits per heavy atom. The van der Waals surface area contributed by atoms with E-state index < -0.39 is 5.97 Å². The average molecular weight is 260 g/mol. The minimum Gasteiger partial charge on any atom is -0.478 e. The van der Waals surface area contributed by atoms with Gasteiger partial charge in [0.15, 0.2) is 0 Å². The van der Waals surface area contributed by atoms with Gasteiger partial charge in [-0.2, -0.15) is 0 Å². The molecule has 0 fully saturated rings. The van der Waals surface area contributed by atoms with E-state index in [2.05, 4.69) is 22.3 Å². The molecule has 0 aliphatic carbocycles. The lowest BCUT2D eigenvalue weighted by atomic mass is 9.82. The van der Waals surface area contributed by atoms with Crippen LogP contribution in [0.4, 0.5) is 5.69 Å². The van der Waals surface area contributed by atoms with Crippen molar-refractivity contribution >= 4 is 11.7 Å². The summed E-state index contributed by atoms with van der Waals surface area (Å²) in [6, 6.07) is 4.79. The summed E-state index contributed by atoms with van der Waals surface area (Å²) in [5.41, 5.74) is 10.5. The number of carboxylic acid groups (broad SMARTS) is 1. The fourth-order valence-corrected chi connectivity index (χ4v) is 2.60. The van der Waals surface area contributed by atoms with Crippen LogP contribution in [0.1, 0.15) is 42.2 Å². The van der Waals surface area contributed by atoms with Gasteiger partial charge in [0.2, 0.25) is 0 Å². The van der Waals surface area contributed by atoms with Crippen molar-refractivity contribution in [2.45, 2.75) is 32.4 Å². The van der Waals surface area contributed by atoms with E-state index in [1.807, 2.05) is 6.92 Å². The zero-order valence-corrected chi connectivity index (χ0v) is 10.9. The molecule has 0 saturated heterocycles. The fourth-order valence-electron chi connectivity index (χ4n) is 2.60. The lowest BCUT2D eigenvalue weighted by Crippen LogP contribution is -2.35. The summed E-state index contributed by atoms with van der Waals surface area (Å²) in [6.45, 7) is 4.08. The third-order valence-corrected chi connectivity index (χ3v) is 3.71. The number of nitrogens with zero attached hydrogens (tertiary/aromatic N) is 3. The van der Waals surface area contributed by atoms with Gasteiger partial charge >= 0.3 is 5.97 Å². The zero-order valence-electron chi connectivity index (χ0n) is 10.9. The van der Waals surface area contributed by atoms with Gasteiger partial charge in [0, 0.05) is 16.6 Å². The van der Waals surface area contributed by atoms with Crippen LogP contribution in [0.25, 0.3) is 10.4 Å². The molecule has 0 amide bonds. The van der Waals surface area contributed by atoms with Gasteiger partial charge in [-0.25, -0.2) is 4.79 Å². The maximum atomic E-state index is 11.0. The van der Waals surface area contributed by atoms with Gasteiger partial charge in [-0.1, -0.05) is 19.0 Å². The molecular weight excluding hydrogens is 244 g/mol. The van der Waals surface area contributed by atoms with Crippen molar-refractivity contribution in [3.63, 3.8) is 0 Å². The van der Waals surface area contributed by atoms with Gasteiger partial charge in [0.25, 0.3) is 0 Å². The summed E-state index contributed by atoms with van der Waals surface area (Å²) in [5.74, 6) is -0.856. The summed E-state index contributed by atoms with van der Waals surface area (Å²) in [7, 11) is 0.